The van der Waals surface area contributed by atoms with Crippen LogP contribution in [0.25, 0.3) is 28.0 Å². The molecule has 23 heavy (non-hydrogen) atoms. The number of hydrogen-bond donors (Lipinski definition) is 0. The van der Waals surface area contributed by atoms with Crippen LogP contribution in [0.5, 0.6) is 0 Å². The molecule has 0 bridgehead atoms. The van der Waals surface area contributed by atoms with Crippen molar-refractivity contribution < 1.29 is 0 Å². The number of hydrogen-bond acceptors (Lipinski definition) is 3. The average Bonchev–Trinajstić information content (AvgIpc) is 2.60. The van der Waals surface area contributed by atoms with Crippen molar-refractivity contribution in [1.29, 1.82) is 0 Å². The Morgan fingerprint density at radius 1 is 0.826 bits per heavy atom. The minimum absolute atomic E-state index is 0.221. The van der Waals surface area contributed by atoms with Crippen LogP contribution in [0.3, 0.4) is 0 Å². The van der Waals surface area contributed by atoms with Crippen LogP contribution < -0.4 is 5.22 Å². The Labute approximate surface area is 133 Å². The Hall–Kier alpha value is -2.94. The molecule has 1 unspecified atom stereocenters. The van der Waals surface area contributed by atoms with Crippen LogP contribution in [-0.2, 0) is 0 Å². The molecule has 3 heteroatoms. The average molecular weight is 297 g/mol. The fraction of sp³-hybridized carbons (Fsp3) is 0.100. The van der Waals surface area contributed by atoms with Crippen LogP contribution >= 0.6 is 0 Å². The van der Waals surface area contributed by atoms with Gasteiger partial charge in [0.2, 0.25) is 0 Å². The third-order valence-corrected chi connectivity index (χ3v) is 4.73. The van der Waals surface area contributed by atoms with E-state index in [1.54, 1.807) is 6.33 Å². The third kappa shape index (κ3) is 1.70. The van der Waals surface area contributed by atoms with Gasteiger partial charge in [0.25, 0.3) is 0 Å². The lowest BCUT2D eigenvalue weighted by atomic mass is 9.89. The Kier molecular flexibility index (Phi) is 2.48. The molecule has 1 aliphatic heterocycles. The van der Waals surface area contributed by atoms with Crippen LogP contribution in [0.1, 0.15) is 17.2 Å². The first-order valence-electron chi connectivity index (χ1n) is 7.78. The molecule has 0 saturated heterocycles. The van der Waals surface area contributed by atoms with E-state index in [1.807, 2.05) is 0 Å². The Morgan fingerprint density at radius 2 is 1.57 bits per heavy atom. The van der Waals surface area contributed by atoms with E-state index in [0.29, 0.717) is 0 Å². The highest BCUT2D eigenvalue weighted by Crippen LogP contribution is 2.36. The van der Waals surface area contributed by atoms with Crippen molar-refractivity contribution in [2.75, 3.05) is 7.05 Å². The van der Waals surface area contributed by atoms with E-state index >= 15 is 0 Å². The number of benzene rings is 3. The quantitative estimate of drug-likeness (QED) is 0.540. The van der Waals surface area contributed by atoms with Gasteiger partial charge in [0.1, 0.15) is 6.33 Å². The van der Waals surface area contributed by atoms with E-state index < -0.39 is 0 Å². The van der Waals surface area contributed by atoms with Crippen molar-refractivity contribution >= 4 is 28.0 Å². The van der Waals surface area contributed by atoms with Crippen LogP contribution in [0.15, 0.2) is 60.9 Å². The molecule has 110 valence electrons. The zero-order chi connectivity index (χ0) is 15.4. The molecule has 5 rings (SSSR count). The maximum Gasteiger partial charge on any atom is 0.116 e. The largest absolute Gasteiger partial charge is 0.369 e. The summed E-state index contributed by atoms with van der Waals surface area (Å²) in [4.78, 5) is 11.2. The summed E-state index contributed by atoms with van der Waals surface area (Å²) in [7, 11) is 2.14. The van der Waals surface area contributed by atoms with E-state index in [1.165, 1.54) is 27.1 Å². The number of aromatic nitrogens is 2. The number of nitrogens with zero attached hydrogens (tertiary/aromatic N) is 3. The summed E-state index contributed by atoms with van der Waals surface area (Å²) in [6.45, 7) is 0. The van der Waals surface area contributed by atoms with Crippen LogP contribution in [0.4, 0.5) is 0 Å². The maximum atomic E-state index is 4.45. The molecule has 0 spiro atoms. The summed E-state index contributed by atoms with van der Waals surface area (Å²) in [5, 5.41) is 3.70. The second-order valence-corrected chi connectivity index (χ2v) is 6.08. The first-order chi connectivity index (χ1) is 11.3. The van der Waals surface area contributed by atoms with Crippen molar-refractivity contribution in [2.45, 2.75) is 6.04 Å². The van der Waals surface area contributed by atoms with Crippen molar-refractivity contribution in [1.82, 2.24) is 14.9 Å². The van der Waals surface area contributed by atoms with Gasteiger partial charge in [0, 0.05) is 24.0 Å². The molecule has 0 radical (unpaired) electrons. The van der Waals surface area contributed by atoms with E-state index in [-0.39, 0.29) is 6.04 Å². The van der Waals surface area contributed by atoms with Crippen molar-refractivity contribution in [3.05, 3.63) is 77.3 Å². The normalized spacial score (nSPS) is 16.7. The van der Waals surface area contributed by atoms with Gasteiger partial charge in [-0.25, -0.2) is 9.97 Å². The molecular weight excluding hydrogens is 282 g/mol. The molecule has 1 aliphatic rings. The molecule has 0 fully saturated rings. The number of rotatable bonds is 1. The highest BCUT2D eigenvalue weighted by Gasteiger charge is 2.24. The van der Waals surface area contributed by atoms with Gasteiger partial charge in [-0.05, 0) is 28.5 Å². The highest BCUT2D eigenvalue weighted by molar-refractivity contribution is 6.08. The molecule has 3 aromatic carbocycles. The summed E-state index contributed by atoms with van der Waals surface area (Å²) in [5.41, 5.74) is 4.65. The van der Waals surface area contributed by atoms with Gasteiger partial charge in [0.05, 0.1) is 17.1 Å². The summed E-state index contributed by atoms with van der Waals surface area (Å²) in [5.74, 6) is 0. The minimum atomic E-state index is 0.221. The van der Waals surface area contributed by atoms with Crippen LogP contribution in [0.2, 0.25) is 0 Å². The fourth-order valence-corrected chi connectivity index (χ4v) is 3.78. The van der Waals surface area contributed by atoms with Crippen LogP contribution in [-0.4, -0.2) is 21.9 Å². The Balaban J connectivity index is 1.93. The van der Waals surface area contributed by atoms with Gasteiger partial charge >= 0.3 is 0 Å². The standard InChI is InChI=1S/C20H15N3/c1-23-11-14-7-9-16-19-17(22-12-21-16)10-8-15(18(14)19)20(23)13-5-3-2-4-6-13/h2-12,20H,1H3. The SMILES string of the molecule is CN1C=c2ccc3ncnc4ccc(c2c43)C1c1ccccc1. The molecule has 4 aromatic rings. The second-order valence-electron chi connectivity index (χ2n) is 6.08. The molecule has 2 heterocycles. The van der Waals surface area contributed by atoms with Gasteiger partial charge in [-0.2, -0.15) is 0 Å². The van der Waals surface area contributed by atoms with E-state index in [4.69, 9.17) is 0 Å². The third-order valence-electron chi connectivity index (χ3n) is 4.73. The summed E-state index contributed by atoms with van der Waals surface area (Å²) in [6, 6.07) is 19.4. The molecule has 1 aromatic heterocycles. The Bertz CT molecular complexity index is 1070. The molecule has 0 N–H and O–H groups in total. The predicted molar refractivity (Wildman–Crippen MR) is 92.8 cm³/mol. The molecule has 0 saturated carbocycles. The molecule has 1 atom stereocenters. The lowest BCUT2D eigenvalue weighted by molar-refractivity contribution is 0.418. The zero-order valence-electron chi connectivity index (χ0n) is 12.8. The molecule has 3 nitrogen and oxygen atoms in total. The molecule has 0 amide bonds. The van der Waals surface area contributed by atoms with Gasteiger partial charge in [0.15, 0.2) is 0 Å². The lowest BCUT2D eigenvalue weighted by Gasteiger charge is -2.32. The predicted octanol–water partition coefficient (Wildman–Crippen LogP) is 3.27. The first-order valence-corrected chi connectivity index (χ1v) is 7.78. The summed E-state index contributed by atoms with van der Waals surface area (Å²) < 4.78 is 0. The zero-order valence-corrected chi connectivity index (χ0v) is 12.8. The first kappa shape index (κ1) is 12.6. The fourth-order valence-electron chi connectivity index (χ4n) is 3.78. The highest BCUT2D eigenvalue weighted by atomic mass is 15.1. The smallest absolute Gasteiger partial charge is 0.116 e. The van der Waals surface area contributed by atoms with E-state index in [2.05, 4.69) is 82.7 Å². The van der Waals surface area contributed by atoms with Gasteiger partial charge < -0.3 is 4.90 Å². The Morgan fingerprint density at radius 3 is 2.35 bits per heavy atom. The second kappa shape index (κ2) is 4.53. The summed E-state index contributed by atoms with van der Waals surface area (Å²) >= 11 is 0. The van der Waals surface area contributed by atoms with Crippen LogP contribution in [0, 0.1) is 0 Å². The monoisotopic (exact) mass is 297 g/mol. The van der Waals surface area contributed by atoms with Gasteiger partial charge in [-0.1, -0.05) is 42.5 Å². The van der Waals surface area contributed by atoms with E-state index in [0.717, 1.165) is 11.0 Å². The summed E-state index contributed by atoms with van der Waals surface area (Å²) in [6.07, 6.45) is 3.87. The molecular formula is C20H15N3. The molecule has 0 aliphatic carbocycles. The maximum absolute atomic E-state index is 4.45. The minimum Gasteiger partial charge on any atom is -0.369 e. The van der Waals surface area contributed by atoms with Gasteiger partial charge in [-0.15, -0.1) is 0 Å². The van der Waals surface area contributed by atoms with Crippen molar-refractivity contribution in [3.63, 3.8) is 0 Å². The van der Waals surface area contributed by atoms with Gasteiger partial charge in [-0.3, -0.25) is 0 Å². The van der Waals surface area contributed by atoms with Crippen molar-refractivity contribution in [2.24, 2.45) is 0 Å². The van der Waals surface area contributed by atoms with Crippen molar-refractivity contribution in [3.8, 4) is 0 Å². The van der Waals surface area contributed by atoms with E-state index in [9.17, 15) is 0 Å². The lowest BCUT2D eigenvalue weighted by Crippen LogP contribution is -2.28. The topological polar surface area (TPSA) is 29.0 Å².